The van der Waals surface area contributed by atoms with E-state index in [1.165, 1.54) is 12.0 Å². The highest BCUT2D eigenvalue weighted by Gasteiger charge is 2.32. The van der Waals surface area contributed by atoms with E-state index in [2.05, 4.69) is 26.1 Å². The van der Waals surface area contributed by atoms with Crippen LogP contribution in [0.3, 0.4) is 0 Å². The summed E-state index contributed by atoms with van der Waals surface area (Å²) in [7, 11) is 0. The van der Waals surface area contributed by atoms with E-state index < -0.39 is 6.04 Å². The first-order chi connectivity index (χ1) is 19.2. The van der Waals surface area contributed by atoms with Crippen LogP contribution in [0.5, 0.6) is 5.75 Å². The molecule has 0 unspecified atom stereocenters. The topological polar surface area (TPSA) is 58.6 Å². The lowest BCUT2D eigenvalue weighted by molar-refractivity contribution is -0.143. The zero-order valence-electron chi connectivity index (χ0n) is 24.5. The van der Waals surface area contributed by atoms with E-state index in [0.717, 1.165) is 42.4 Å². The zero-order valence-corrected chi connectivity index (χ0v) is 24.5. The number of nitrogens with one attached hydrogen (secondary N) is 1. The Kier molecular flexibility index (Phi) is 10.0. The van der Waals surface area contributed by atoms with Crippen molar-refractivity contribution in [1.29, 1.82) is 0 Å². The van der Waals surface area contributed by atoms with Crippen LogP contribution in [0.4, 0.5) is 0 Å². The molecule has 0 heterocycles. The smallest absolute Gasteiger partial charge is 0.261 e. The van der Waals surface area contributed by atoms with Gasteiger partial charge in [0, 0.05) is 19.0 Å². The van der Waals surface area contributed by atoms with Gasteiger partial charge in [-0.25, -0.2) is 0 Å². The van der Waals surface area contributed by atoms with Crippen molar-refractivity contribution in [1.82, 2.24) is 10.2 Å². The van der Waals surface area contributed by atoms with Crippen LogP contribution in [0.2, 0.25) is 0 Å². The number of rotatable bonds is 10. The first kappa shape index (κ1) is 29.4. The predicted octanol–water partition coefficient (Wildman–Crippen LogP) is 6.76. The Balaban J connectivity index is 1.58. The predicted molar refractivity (Wildman–Crippen MR) is 161 cm³/mol. The summed E-state index contributed by atoms with van der Waals surface area (Å²) in [5.74, 6) is 0.342. The molecule has 0 spiro atoms. The largest absolute Gasteiger partial charge is 0.484 e. The molecule has 5 heteroatoms. The number of amides is 2. The summed E-state index contributed by atoms with van der Waals surface area (Å²) in [5, 5.41) is 3.29. The number of benzene rings is 3. The van der Waals surface area contributed by atoms with E-state index >= 15 is 0 Å². The third kappa shape index (κ3) is 8.45. The maximum atomic E-state index is 13.9. The van der Waals surface area contributed by atoms with Crippen molar-refractivity contribution in [2.75, 3.05) is 6.61 Å². The molecule has 40 heavy (non-hydrogen) atoms. The molecule has 0 aromatic heterocycles. The number of hydrogen-bond acceptors (Lipinski definition) is 3. The monoisotopic (exact) mass is 540 g/mol. The molecule has 0 radical (unpaired) electrons. The van der Waals surface area contributed by atoms with Gasteiger partial charge in [-0.2, -0.15) is 0 Å². The molecule has 1 aliphatic rings. The highest BCUT2D eigenvalue weighted by atomic mass is 16.5. The summed E-state index contributed by atoms with van der Waals surface area (Å²) in [6.45, 7) is 8.74. The number of carbonyl (C=O) groups excluding carboxylic acids is 2. The molecule has 4 rings (SSSR count). The lowest BCUT2D eigenvalue weighted by atomic mass is 9.87. The standard InChI is InChI=1S/C35H44N2O3/c1-26-15-17-28(18-16-26)24-37(33(38)25-40-31-21-19-29(20-22-31)35(2,3)4)32(23-27-11-7-5-8-12-27)34(39)36-30-13-9-6-10-14-30/h5,7-8,11-12,15-22,30,32H,6,9-10,13-14,23-25H2,1-4H3,(H,36,39)/t32-/m1/s1. The van der Waals surface area contributed by atoms with Crippen LogP contribution >= 0.6 is 0 Å². The Labute approximate surface area is 239 Å². The van der Waals surface area contributed by atoms with E-state index in [0.29, 0.717) is 18.7 Å². The summed E-state index contributed by atoms with van der Waals surface area (Å²) < 4.78 is 5.98. The van der Waals surface area contributed by atoms with Crippen LogP contribution in [-0.2, 0) is 28.0 Å². The van der Waals surface area contributed by atoms with Gasteiger partial charge in [0.15, 0.2) is 6.61 Å². The van der Waals surface area contributed by atoms with E-state index in [1.807, 2.05) is 85.8 Å². The maximum Gasteiger partial charge on any atom is 0.261 e. The van der Waals surface area contributed by atoms with E-state index in [9.17, 15) is 9.59 Å². The summed E-state index contributed by atoms with van der Waals surface area (Å²) in [5.41, 5.74) is 4.40. The molecule has 5 nitrogen and oxygen atoms in total. The van der Waals surface area contributed by atoms with Gasteiger partial charge in [-0.1, -0.05) is 112 Å². The third-order valence-electron chi connectivity index (χ3n) is 7.78. The number of hydrogen-bond donors (Lipinski definition) is 1. The highest BCUT2D eigenvalue weighted by Crippen LogP contribution is 2.25. The van der Waals surface area contributed by atoms with Crippen LogP contribution in [0.25, 0.3) is 0 Å². The lowest BCUT2D eigenvalue weighted by Gasteiger charge is -2.33. The molecular formula is C35H44N2O3. The molecular weight excluding hydrogens is 496 g/mol. The molecule has 1 fully saturated rings. The van der Waals surface area contributed by atoms with Crippen molar-refractivity contribution in [3.8, 4) is 5.75 Å². The Morgan fingerprint density at radius 1 is 0.875 bits per heavy atom. The van der Waals surface area contributed by atoms with Gasteiger partial charge in [0.05, 0.1) is 0 Å². The second-order valence-electron chi connectivity index (χ2n) is 12.1. The van der Waals surface area contributed by atoms with Crippen LogP contribution < -0.4 is 10.1 Å². The van der Waals surface area contributed by atoms with E-state index in [4.69, 9.17) is 4.74 Å². The van der Waals surface area contributed by atoms with Crippen LogP contribution in [0.15, 0.2) is 78.9 Å². The van der Waals surface area contributed by atoms with Crippen molar-refractivity contribution in [2.24, 2.45) is 0 Å². The van der Waals surface area contributed by atoms with Gasteiger partial charge in [0.2, 0.25) is 5.91 Å². The molecule has 1 aliphatic carbocycles. The minimum Gasteiger partial charge on any atom is -0.484 e. The normalized spacial score (nSPS) is 14.8. The average Bonchev–Trinajstić information content (AvgIpc) is 2.95. The van der Waals surface area contributed by atoms with Gasteiger partial charge in [0.1, 0.15) is 11.8 Å². The molecule has 1 N–H and O–H groups in total. The lowest BCUT2D eigenvalue weighted by Crippen LogP contribution is -2.53. The van der Waals surface area contributed by atoms with Gasteiger partial charge in [-0.05, 0) is 54.0 Å². The van der Waals surface area contributed by atoms with Crippen LogP contribution in [0.1, 0.15) is 75.1 Å². The Morgan fingerprint density at radius 3 is 2.15 bits per heavy atom. The van der Waals surface area contributed by atoms with Gasteiger partial charge in [0.25, 0.3) is 5.91 Å². The molecule has 212 valence electrons. The first-order valence-electron chi connectivity index (χ1n) is 14.6. The summed E-state index contributed by atoms with van der Waals surface area (Å²) >= 11 is 0. The molecule has 1 saturated carbocycles. The Morgan fingerprint density at radius 2 is 1.52 bits per heavy atom. The number of ether oxygens (including phenoxy) is 1. The molecule has 3 aromatic carbocycles. The number of nitrogens with zero attached hydrogens (tertiary/aromatic N) is 1. The fraction of sp³-hybridized carbons (Fsp3) is 0.429. The first-order valence-corrected chi connectivity index (χ1v) is 14.6. The molecule has 1 atom stereocenters. The third-order valence-corrected chi connectivity index (χ3v) is 7.78. The van der Waals surface area contributed by atoms with Crippen LogP contribution in [-0.4, -0.2) is 35.4 Å². The molecule has 2 amide bonds. The van der Waals surface area contributed by atoms with Crippen molar-refractivity contribution in [3.05, 3.63) is 101 Å². The fourth-order valence-electron chi connectivity index (χ4n) is 5.27. The Hall–Kier alpha value is -3.60. The summed E-state index contributed by atoms with van der Waals surface area (Å²) in [4.78, 5) is 29.4. The van der Waals surface area contributed by atoms with Gasteiger partial charge >= 0.3 is 0 Å². The van der Waals surface area contributed by atoms with Crippen molar-refractivity contribution >= 4 is 11.8 Å². The minimum atomic E-state index is -0.648. The van der Waals surface area contributed by atoms with E-state index in [-0.39, 0.29) is 29.9 Å². The second-order valence-corrected chi connectivity index (χ2v) is 12.1. The molecule has 0 saturated heterocycles. The zero-order chi connectivity index (χ0) is 28.5. The van der Waals surface area contributed by atoms with Crippen molar-refractivity contribution in [2.45, 2.75) is 90.3 Å². The van der Waals surface area contributed by atoms with Gasteiger partial charge < -0.3 is 15.0 Å². The Bertz CT molecular complexity index is 1220. The van der Waals surface area contributed by atoms with Gasteiger partial charge in [-0.3, -0.25) is 9.59 Å². The average molecular weight is 541 g/mol. The fourth-order valence-corrected chi connectivity index (χ4v) is 5.27. The maximum absolute atomic E-state index is 13.9. The number of carbonyl (C=O) groups is 2. The number of aryl methyl sites for hydroxylation is 1. The van der Waals surface area contributed by atoms with Crippen LogP contribution in [0, 0.1) is 6.92 Å². The second kappa shape index (κ2) is 13.6. The quantitative estimate of drug-likeness (QED) is 0.309. The summed E-state index contributed by atoms with van der Waals surface area (Å²) in [6.07, 6.45) is 5.89. The molecule has 0 bridgehead atoms. The van der Waals surface area contributed by atoms with Gasteiger partial charge in [-0.15, -0.1) is 0 Å². The molecule has 3 aromatic rings. The van der Waals surface area contributed by atoms with Crippen molar-refractivity contribution in [3.63, 3.8) is 0 Å². The molecule has 0 aliphatic heterocycles. The van der Waals surface area contributed by atoms with Crippen molar-refractivity contribution < 1.29 is 14.3 Å². The SMILES string of the molecule is Cc1ccc(CN(C(=O)COc2ccc(C(C)(C)C)cc2)[C@H](Cc2ccccc2)C(=O)NC2CCCCC2)cc1. The van der Waals surface area contributed by atoms with E-state index in [1.54, 1.807) is 4.90 Å². The highest BCUT2D eigenvalue weighted by molar-refractivity contribution is 5.88. The minimum absolute atomic E-state index is 0.0372. The summed E-state index contributed by atoms with van der Waals surface area (Å²) in [6, 6.07) is 25.5.